The highest BCUT2D eigenvalue weighted by Gasteiger charge is 2.56. The third-order valence-electron chi connectivity index (χ3n) is 29.9. The molecule has 0 aliphatic heterocycles. The summed E-state index contributed by atoms with van der Waals surface area (Å²) < 4.78 is 0. The highest BCUT2D eigenvalue weighted by Crippen LogP contribution is 2.66. The molecule has 0 saturated heterocycles. The summed E-state index contributed by atoms with van der Waals surface area (Å²) in [5, 5.41) is 9.86. The number of rotatable bonds is 12. The van der Waals surface area contributed by atoms with E-state index in [4.69, 9.17) is 0 Å². The summed E-state index contributed by atoms with van der Waals surface area (Å²) in [6, 6.07) is 185. The molecule has 0 heterocycles. The molecule has 0 amide bonds. The lowest BCUT2D eigenvalue weighted by atomic mass is 9.55. The van der Waals surface area contributed by atoms with Gasteiger partial charge in [-0.15, -0.1) is 0 Å². The van der Waals surface area contributed by atoms with Crippen LogP contribution in [0.4, 0.5) is 34.1 Å². The summed E-state index contributed by atoms with van der Waals surface area (Å²) >= 11 is 0. The van der Waals surface area contributed by atoms with Crippen molar-refractivity contribution in [2.75, 3.05) is 9.80 Å². The zero-order valence-corrected chi connectivity index (χ0v) is 75.2. The molecule has 2 nitrogen and oxygen atoms in total. The van der Waals surface area contributed by atoms with Crippen LogP contribution in [-0.4, -0.2) is 0 Å². The molecule has 2 spiro atoms. The molecule has 0 fully saturated rings. The van der Waals surface area contributed by atoms with Crippen molar-refractivity contribution in [3.63, 3.8) is 0 Å². The third kappa shape index (κ3) is 12.5. The number of para-hydroxylation sites is 1. The van der Waals surface area contributed by atoms with Crippen molar-refractivity contribution >= 4 is 77.2 Å². The lowest BCUT2D eigenvalue weighted by Gasteiger charge is -2.46. The largest absolute Gasteiger partial charge is 0.310 e. The van der Waals surface area contributed by atoms with Gasteiger partial charge in [-0.2, -0.15) is 0 Å². The first-order valence-corrected chi connectivity index (χ1v) is 47.0. The molecule has 0 N–H and O–H groups in total. The molecule has 4 aliphatic carbocycles. The molecular formula is C132H94N2. The molecule has 632 valence electrons. The summed E-state index contributed by atoms with van der Waals surface area (Å²) in [5.41, 5.74) is 42.1. The van der Waals surface area contributed by atoms with Crippen molar-refractivity contribution in [1.82, 2.24) is 0 Å². The molecule has 26 rings (SSSR count). The van der Waals surface area contributed by atoms with Gasteiger partial charge >= 0.3 is 0 Å². The molecule has 2 heteroatoms. The van der Waals surface area contributed by atoms with Gasteiger partial charge in [0.05, 0.1) is 16.5 Å². The van der Waals surface area contributed by atoms with Crippen LogP contribution in [0.5, 0.6) is 0 Å². The number of nitrogens with zero attached hydrogens (tertiary/aromatic N) is 2. The van der Waals surface area contributed by atoms with Crippen LogP contribution >= 0.6 is 0 Å². The fourth-order valence-electron chi connectivity index (χ4n) is 23.7. The van der Waals surface area contributed by atoms with E-state index >= 15 is 0 Å². The predicted octanol–water partition coefficient (Wildman–Crippen LogP) is 34.9. The quantitative estimate of drug-likeness (QED) is 0.113. The van der Waals surface area contributed by atoms with Crippen LogP contribution in [0.15, 0.2) is 497 Å². The average molecular weight is 1710 g/mol. The maximum atomic E-state index is 2.41. The predicted molar refractivity (Wildman–Crippen MR) is 564 cm³/mol. The Morgan fingerprint density at radius 2 is 0.396 bits per heavy atom. The van der Waals surface area contributed by atoms with E-state index in [9.17, 15) is 0 Å². The van der Waals surface area contributed by atoms with Crippen molar-refractivity contribution in [2.24, 2.45) is 0 Å². The first kappa shape index (κ1) is 79.6. The van der Waals surface area contributed by atoms with E-state index in [1.54, 1.807) is 0 Å². The molecule has 0 aromatic heterocycles. The van der Waals surface area contributed by atoms with Crippen molar-refractivity contribution in [2.45, 2.75) is 49.4 Å². The van der Waals surface area contributed by atoms with Crippen molar-refractivity contribution in [3.05, 3.63) is 564 Å². The van der Waals surface area contributed by atoms with Gasteiger partial charge in [-0.05, 0) is 272 Å². The number of fused-ring (bicyclic) bond motifs is 24. The van der Waals surface area contributed by atoms with Gasteiger partial charge in [-0.3, -0.25) is 0 Å². The van der Waals surface area contributed by atoms with Gasteiger partial charge in [-0.25, -0.2) is 0 Å². The Balaban J connectivity index is 0.000000143. The van der Waals surface area contributed by atoms with E-state index in [1.807, 2.05) is 0 Å². The number of benzene rings is 22. The molecule has 22 aromatic carbocycles. The smallest absolute Gasteiger partial charge is 0.0719 e. The Hall–Kier alpha value is -16.5. The van der Waals surface area contributed by atoms with Crippen LogP contribution in [0.1, 0.15) is 94.5 Å². The van der Waals surface area contributed by atoms with Gasteiger partial charge in [0.1, 0.15) is 0 Å². The first-order valence-electron chi connectivity index (χ1n) is 47.0. The van der Waals surface area contributed by atoms with E-state index in [1.165, 1.54) is 199 Å². The van der Waals surface area contributed by atoms with Crippen molar-refractivity contribution in [3.8, 4) is 89.0 Å². The van der Waals surface area contributed by atoms with Crippen LogP contribution < -0.4 is 9.80 Å². The Morgan fingerprint density at radius 3 is 0.761 bits per heavy atom. The highest BCUT2D eigenvalue weighted by atomic mass is 15.1. The molecule has 4 aliphatic rings. The number of anilines is 6. The normalized spacial score (nSPS) is 13.8. The van der Waals surface area contributed by atoms with Gasteiger partial charge in [0, 0.05) is 44.8 Å². The van der Waals surface area contributed by atoms with Gasteiger partial charge in [-0.1, -0.05) is 446 Å². The van der Waals surface area contributed by atoms with E-state index in [2.05, 4.69) is 535 Å². The summed E-state index contributed by atoms with van der Waals surface area (Å²) in [6.07, 6.45) is 0. The Morgan fingerprint density at radius 1 is 0.149 bits per heavy atom. The van der Waals surface area contributed by atoms with Crippen LogP contribution in [0.25, 0.3) is 132 Å². The number of hydrogen-bond acceptors (Lipinski definition) is 2. The van der Waals surface area contributed by atoms with Gasteiger partial charge in [0.15, 0.2) is 0 Å². The molecular weight excluding hydrogens is 1610 g/mol. The van der Waals surface area contributed by atoms with Crippen LogP contribution in [0.3, 0.4) is 0 Å². The first-order chi connectivity index (χ1) is 66.0. The summed E-state index contributed by atoms with van der Waals surface area (Å²) in [4.78, 5) is 4.79. The zero-order valence-electron chi connectivity index (χ0n) is 75.2. The highest BCUT2D eigenvalue weighted by molar-refractivity contribution is 6.13. The monoisotopic (exact) mass is 1710 g/mol. The fraction of sp³-hybridized carbons (Fsp3) is 0.0606. The van der Waals surface area contributed by atoms with Gasteiger partial charge in [0.2, 0.25) is 0 Å². The maximum absolute atomic E-state index is 2.41. The van der Waals surface area contributed by atoms with E-state index in [-0.39, 0.29) is 10.8 Å². The SMILES string of the molecule is CC1(C)c2ccccc2C2(c3ccccc3-c3c(-c4ccc5c(ccc6cc(N(c7ccc(-c8ccccc8)cc7)c7ccc(-c8ccccc8)cc7)ccc65)c4)cccc32)c2ccccc21.CC1(C)c2ccccc2C2(c3ccccc3-c3c(-c4ccc5c(ccc6cc(N(c7ccc(-c8ccccc8)cc7)c7ccccc7-c7ccccc7)ccc65)c4)cccc32)c2ccccc21. The van der Waals surface area contributed by atoms with Crippen LogP contribution in [0.2, 0.25) is 0 Å². The molecule has 22 aromatic rings. The third-order valence-corrected chi connectivity index (χ3v) is 29.9. The Kier molecular flexibility index (Phi) is 18.8. The van der Waals surface area contributed by atoms with Crippen LogP contribution in [0, 0.1) is 0 Å². The minimum Gasteiger partial charge on any atom is -0.310 e. The lowest BCUT2D eigenvalue weighted by molar-refractivity contribution is 0.563. The van der Waals surface area contributed by atoms with Gasteiger partial charge < -0.3 is 9.80 Å². The summed E-state index contributed by atoms with van der Waals surface area (Å²) in [5.74, 6) is 0. The van der Waals surface area contributed by atoms with E-state index in [0.29, 0.717) is 0 Å². The second kappa shape index (κ2) is 31.7. The molecule has 0 unspecified atom stereocenters. The maximum Gasteiger partial charge on any atom is 0.0719 e. The second-order valence-corrected chi connectivity index (χ2v) is 37.6. The molecule has 0 saturated carbocycles. The second-order valence-electron chi connectivity index (χ2n) is 37.6. The van der Waals surface area contributed by atoms with E-state index < -0.39 is 10.8 Å². The topological polar surface area (TPSA) is 6.48 Å². The Bertz CT molecular complexity index is 8210. The minimum absolute atomic E-state index is 0.129. The summed E-state index contributed by atoms with van der Waals surface area (Å²) in [6.45, 7) is 9.56. The van der Waals surface area contributed by atoms with Crippen molar-refractivity contribution < 1.29 is 0 Å². The average Bonchev–Trinajstić information content (AvgIpc) is 1.50. The van der Waals surface area contributed by atoms with E-state index in [0.717, 1.165) is 34.1 Å². The number of hydrogen-bond donors (Lipinski definition) is 0. The molecule has 0 radical (unpaired) electrons. The zero-order chi connectivity index (χ0) is 89.4. The van der Waals surface area contributed by atoms with Crippen molar-refractivity contribution in [1.29, 1.82) is 0 Å². The Labute approximate surface area is 784 Å². The summed E-state index contributed by atoms with van der Waals surface area (Å²) in [7, 11) is 0. The molecule has 134 heavy (non-hydrogen) atoms. The minimum atomic E-state index is -0.422. The molecule has 0 atom stereocenters. The standard InChI is InChI=1S/2C66H47N/c1-65(2)58-26-12-14-28-60(58)66(61-29-15-13-27-59(61)65)57-25-11-9-23-56(57)64-55(24-17-30-62(64)66)48-36-40-52-47(42-48)32-33-49-43-51(39-41-53(49)52)67(50-37-34-45(35-38-50)44-18-5-3-6-19-44)63-31-16-10-22-54(63)46-20-7-4-8-21-46;1-65(2)59-23-11-13-25-61(59)66(62-26-14-12-24-60(62)65)58-22-10-9-20-57(58)64-56(21-15-27-63(64)66)49-34-40-54-48(42-49)28-29-50-43-53(39-41-55(50)54)67(51-35-30-46(31-36-51)44-16-5-3-6-17-44)52-37-32-47(33-38-52)45-18-7-4-8-19-45/h2*3-43H,1-2H3. The lowest BCUT2D eigenvalue weighted by Crippen LogP contribution is -2.40. The van der Waals surface area contributed by atoms with Gasteiger partial charge in [0.25, 0.3) is 0 Å². The molecule has 0 bridgehead atoms. The fourth-order valence-corrected chi connectivity index (χ4v) is 23.7. The van der Waals surface area contributed by atoms with Crippen LogP contribution in [-0.2, 0) is 21.7 Å².